The van der Waals surface area contributed by atoms with Crippen LogP contribution in [0.3, 0.4) is 0 Å². The number of urea groups is 1. The Bertz CT molecular complexity index is 851. The molecule has 0 spiro atoms. The molecule has 0 aromatic heterocycles. The van der Waals surface area contributed by atoms with Gasteiger partial charge in [-0.1, -0.05) is 48.5 Å². The topological polar surface area (TPSA) is 44.4 Å². The maximum atomic E-state index is 12.6. The van der Waals surface area contributed by atoms with Crippen LogP contribution < -0.4 is 10.6 Å². The highest BCUT2D eigenvalue weighted by Gasteiger charge is 2.30. The molecule has 1 atom stereocenters. The van der Waals surface area contributed by atoms with Crippen molar-refractivity contribution in [1.29, 1.82) is 0 Å². The maximum Gasteiger partial charge on any atom is 0.315 e. The standard InChI is InChI=1S/C25H33N3O/c1-25(2,15-18-12-19-8-4-5-9-20(19)13-18)27-24(29)26-16-23-14-21-10-6-7-11-22(21)17-28(23)3/h4-11,18,23H,12-17H2,1-3H3,(H2,26,27,29). The first-order valence-electron chi connectivity index (χ1n) is 10.8. The summed E-state index contributed by atoms with van der Waals surface area (Å²) in [6.07, 6.45) is 4.22. The number of likely N-dealkylation sites (N-methyl/N-ethyl adjacent to an activating group) is 1. The van der Waals surface area contributed by atoms with Gasteiger partial charge in [0.15, 0.2) is 0 Å². The van der Waals surface area contributed by atoms with Gasteiger partial charge in [-0.25, -0.2) is 4.79 Å². The Kier molecular flexibility index (Phi) is 5.64. The zero-order chi connectivity index (χ0) is 20.4. The summed E-state index contributed by atoms with van der Waals surface area (Å²) >= 11 is 0. The number of carbonyl (C=O) groups is 1. The van der Waals surface area contributed by atoms with E-state index in [4.69, 9.17) is 0 Å². The fourth-order valence-corrected chi connectivity index (χ4v) is 5.08. The molecule has 0 radical (unpaired) electrons. The van der Waals surface area contributed by atoms with Gasteiger partial charge in [0, 0.05) is 24.7 Å². The molecule has 4 rings (SSSR count). The van der Waals surface area contributed by atoms with Gasteiger partial charge in [-0.05, 0) is 74.8 Å². The van der Waals surface area contributed by atoms with Crippen LogP contribution in [0.2, 0.25) is 0 Å². The van der Waals surface area contributed by atoms with Crippen LogP contribution >= 0.6 is 0 Å². The molecule has 4 heteroatoms. The van der Waals surface area contributed by atoms with Crippen molar-refractivity contribution in [2.75, 3.05) is 13.6 Å². The third kappa shape index (κ3) is 4.81. The molecule has 1 aliphatic carbocycles. The lowest BCUT2D eigenvalue weighted by molar-refractivity contribution is 0.197. The summed E-state index contributed by atoms with van der Waals surface area (Å²) < 4.78 is 0. The van der Waals surface area contributed by atoms with Gasteiger partial charge in [-0.15, -0.1) is 0 Å². The molecule has 1 heterocycles. The number of hydrogen-bond acceptors (Lipinski definition) is 2. The highest BCUT2D eigenvalue weighted by Crippen LogP contribution is 2.31. The molecule has 0 fully saturated rings. The van der Waals surface area contributed by atoms with Gasteiger partial charge in [-0.2, -0.15) is 0 Å². The average Bonchev–Trinajstić information content (AvgIpc) is 3.07. The Labute approximate surface area is 174 Å². The number of amides is 2. The first-order valence-corrected chi connectivity index (χ1v) is 10.8. The molecule has 154 valence electrons. The summed E-state index contributed by atoms with van der Waals surface area (Å²) in [6.45, 7) is 5.89. The first-order chi connectivity index (χ1) is 13.9. The average molecular weight is 392 g/mol. The maximum absolute atomic E-state index is 12.6. The van der Waals surface area contributed by atoms with E-state index in [1.807, 2.05) is 0 Å². The van der Waals surface area contributed by atoms with Gasteiger partial charge in [-0.3, -0.25) is 4.90 Å². The van der Waals surface area contributed by atoms with Gasteiger partial charge in [0.05, 0.1) is 0 Å². The number of rotatable bonds is 5. The Morgan fingerprint density at radius 2 is 1.52 bits per heavy atom. The van der Waals surface area contributed by atoms with Crippen LogP contribution in [0.4, 0.5) is 4.79 Å². The van der Waals surface area contributed by atoms with Crippen molar-refractivity contribution in [1.82, 2.24) is 15.5 Å². The molecule has 2 aliphatic rings. The minimum atomic E-state index is -0.220. The lowest BCUT2D eigenvalue weighted by Gasteiger charge is -2.35. The third-order valence-corrected chi connectivity index (χ3v) is 6.50. The van der Waals surface area contributed by atoms with E-state index < -0.39 is 0 Å². The largest absolute Gasteiger partial charge is 0.337 e. The fourth-order valence-electron chi connectivity index (χ4n) is 5.08. The summed E-state index contributed by atoms with van der Waals surface area (Å²) in [7, 11) is 2.14. The van der Waals surface area contributed by atoms with Gasteiger partial charge < -0.3 is 10.6 Å². The quantitative estimate of drug-likeness (QED) is 0.811. The molecule has 2 N–H and O–H groups in total. The Hall–Kier alpha value is -2.33. The van der Waals surface area contributed by atoms with E-state index in [-0.39, 0.29) is 11.6 Å². The second-order valence-electron chi connectivity index (χ2n) is 9.51. The summed E-state index contributed by atoms with van der Waals surface area (Å²) in [5.41, 5.74) is 5.52. The van der Waals surface area contributed by atoms with Crippen LogP contribution in [0, 0.1) is 5.92 Å². The molecule has 0 saturated heterocycles. The number of nitrogens with one attached hydrogen (secondary N) is 2. The SMILES string of the molecule is CN1Cc2ccccc2CC1CNC(=O)NC(C)(C)CC1Cc2ccccc2C1. The van der Waals surface area contributed by atoms with E-state index >= 15 is 0 Å². The van der Waals surface area contributed by atoms with E-state index in [1.54, 1.807) is 0 Å². The number of hydrogen-bond donors (Lipinski definition) is 2. The molecular weight excluding hydrogens is 358 g/mol. The highest BCUT2D eigenvalue weighted by atomic mass is 16.2. The molecule has 2 amide bonds. The molecule has 4 nitrogen and oxygen atoms in total. The normalized spacial score (nSPS) is 19.5. The number of carbonyl (C=O) groups excluding carboxylic acids is 1. The third-order valence-electron chi connectivity index (χ3n) is 6.50. The number of nitrogens with zero attached hydrogens (tertiary/aromatic N) is 1. The van der Waals surface area contributed by atoms with E-state index in [0.717, 1.165) is 32.2 Å². The smallest absolute Gasteiger partial charge is 0.315 e. The zero-order valence-corrected chi connectivity index (χ0v) is 17.9. The van der Waals surface area contributed by atoms with Crippen molar-refractivity contribution in [2.24, 2.45) is 5.92 Å². The monoisotopic (exact) mass is 391 g/mol. The van der Waals surface area contributed by atoms with Crippen LogP contribution in [-0.4, -0.2) is 36.1 Å². The molecule has 0 bridgehead atoms. The second kappa shape index (κ2) is 8.19. The van der Waals surface area contributed by atoms with Crippen LogP contribution in [0.1, 0.15) is 42.5 Å². The van der Waals surface area contributed by atoms with Crippen molar-refractivity contribution < 1.29 is 4.79 Å². The van der Waals surface area contributed by atoms with Gasteiger partial charge in [0.25, 0.3) is 0 Å². The predicted octanol–water partition coefficient (Wildman–Crippen LogP) is 3.93. The number of fused-ring (bicyclic) bond motifs is 2. The molecule has 0 saturated carbocycles. The van der Waals surface area contributed by atoms with Crippen molar-refractivity contribution in [3.63, 3.8) is 0 Å². The van der Waals surface area contributed by atoms with E-state index in [0.29, 0.717) is 18.5 Å². The lowest BCUT2D eigenvalue weighted by atomic mass is 9.89. The second-order valence-corrected chi connectivity index (χ2v) is 9.51. The van der Waals surface area contributed by atoms with E-state index in [9.17, 15) is 4.79 Å². The van der Waals surface area contributed by atoms with Crippen LogP contribution in [0.15, 0.2) is 48.5 Å². The Morgan fingerprint density at radius 1 is 0.966 bits per heavy atom. The summed E-state index contributed by atoms with van der Waals surface area (Å²) in [4.78, 5) is 14.9. The highest BCUT2D eigenvalue weighted by molar-refractivity contribution is 5.74. The van der Waals surface area contributed by atoms with Crippen molar-refractivity contribution >= 4 is 6.03 Å². The van der Waals surface area contributed by atoms with E-state index in [2.05, 4.69) is 85.0 Å². The molecule has 1 unspecified atom stereocenters. The molecule has 2 aromatic rings. The minimum absolute atomic E-state index is 0.0576. The molecule has 2 aromatic carbocycles. The summed E-state index contributed by atoms with van der Waals surface area (Å²) in [6, 6.07) is 17.6. The van der Waals surface area contributed by atoms with Crippen LogP contribution in [-0.2, 0) is 25.8 Å². The Balaban J connectivity index is 1.26. The first kappa shape index (κ1) is 20.0. The van der Waals surface area contributed by atoms with Crippen molar-refractivity contribution in [3.8, 4) is 0 Å². The molecule has 1 aliphatic heterocycles. The summed E-state index contributed by atoms with van der Waals surface area (Å²) in [5, 5.41) is 6.33. The zero-order valence-electron chi connectivity index (χ0n) is 17.9. The number of benzene rings is 2. The van der Waals surface area contributed by atoms with Crippen molar-refractivity contribution in [2.45, 2.75) is 57.7 Å². The van der Waals surface area contributed by atoms with Gasteiger partial charge in [0.2, 0.25) is 0 Å². The Morgan fingerprint density at radius 3 is 2.14 bits per heavy atom. The molecule has 29 heavy (non-hydrogen) atoms. The minimum Gasteiger partial charge on any atom is -0.337 e. The van der Waals surface area contributed by atoms with Crippen molar-refractivity contribution in [3.05, 3.63) is 70.8 Å². The summed E-state index contributed by atoms with van der Waals surface area (Å²) in [5.74, 6) is 0.601. The molecular formula is C25H33N3O. The predicted molar refractivity (Wildman–Crippen MR) is 118 cm³/mol. The van der Waals surface area contributed by atoms with Gasteiger partial charge in [0.1, 0.15) is 0 Å². The fraction of sp³-hybridized carbons (Fsp3) is 0.480. The lowest BCUT2D eigenvalue weighted by Crippen LogP contribution is -2.52. The van der Waals surface area contributed by atoms with E-state index in [1.165, 1.54) is 22.3 Å². The van der Waals surface area contributed by atoms with Crippen LogP contribution in [0.25, 0.3) is 0 Å². The van der Waals surface area contributed by atoms with Crippen LogP contribution in [0.5, 0.6) is 0 Å². The van der Waals surface area contributed by atoms with Gasteiger partial charge >= 0.3 is 6.03 Å².